The van der Waals surface area contributed by atoms with Crippen LogP contribution in [0.15, 0.2) is 22.9 Å². The standard InChI is InChI=1S/C13H16N4O2S/c1-3-14-12-5-4-11(17(18)19)13(16-12)15-6-10-8-20-7-9(10)2/h4-5,7-8H,3,6H2,1-2H3,(H2,14,15,16). The van der Waals surface area contributed by atoms with E-state index in [2.05, 4.69) is 15.6 Å². The molecule has 7 heteroatoms. The van der Waals surface area contributed by atoms with E-state index in [9.17, 15) is 10.1 Å². The predicted octanol–water partition coefficient (Wildman–Crippen LogP) is 3.40. The molecular formula is C13H16N4O2S. The third kappa shape index (κ3) is 3.24. The third-order valence-electron chi connectivity index (χ3n) is 2.84. The quantitative estimate of drug-likeness (QED) is 0.630. The summed E-state index contributed by atoms with van der Waals surface area (Å²) in [4.78, 5) is 14.9. The van der Waals surface area contributed by atoms with Crippen molar-refractivity contribution < 1.29 is 4.92 Å². The maximum Gasteiger partial charge on any atom is 0.311 e. The predicted molar refractivity (Wildman–Crippen MR) is 81.4 cm³/mol. The second-order valence-electron chi connectivity index (χ2n) is 4.29. The van der Waals surface area contributed by atoms with Gasteiger partial charge in [-0.05, 0) is 41.8 Å². The van der Waals surface area contributed by atoms with Crippen molar-refractivity contribution in [1.29, 1.82) is 0 Å². The van der Waals surface area contributed by atoms with Crippen LogP contribution in [0.25, 0.3) is 0 Å². The van der Waals surface area contributed by atoms with Gasteiger partial charge in [0.1, 0.15) is 5.82 Å². The fourth-order valence-corrected chi connectivity index (χ4v) is 2.61. The molecule has 2 aromatic rings. The molecule has 20 heavy (non-hydrogen) atoms. The maximum atomic E-state index is 11.0. The number of nitrogens with zero attached hydrogens (tertiary/aromatic N) is 2. The Morgan fingerprint density at radius 1 is 1.35 bits per heavy atom. The first kappa shape index (κ1) is 14.3. The summed E-state index contributed by atoms with van der Waals surface area (Å²) in [6, 6.07) is 3.08. The number of aromatic nitrogens is 1. The van der Waals surface area contributed by atoms with E-state index in [4.69, 9.17) is 0 Å². The van der Waals surface area contributed by atoms with Crippen LogP contribution in [0.5, 0.6) is 0 Å². The summed E-state index contributed by atoms with van der Waals surface area (Å²) in [5, 5.41) is 21.2. The minimum atomic E-state index is -0.425. The van der Waals surface area contributed by atoms with Crippen LogP contribution in [-0.2, 0) is 6.54 Å². The van der Waals surface area contributed by atoms with Crippen LogP contribution in [0.3, 0.4) is 0 Å². The molecule has 2 heterocycles. The minimum Gasteiger partial charge on any atom is -0.370 e. The Kier molecular flexibility index (Phi) is 4.52. The fraction of sp³-hybridized carbons (Fsp3) is 0.308. The number of hydrogen-bond donors (Lipinski definition) is 2. The molecule has 106 valence electrons. The Hall–Kier alpha value is -2.15. The molecule has 2 rings (SSSR count). The minimum absolute atomic E-state index is 0.0143. The highest BCUT2D eigenvalue weighted by atomic mass is 32.1. The lowest BCUT2D eigenvalue weighted by Gasteiger charge is -2.08. The second-order valence-corrected chi connectivity index (χ2v) is 5.03. The molecule has 0 radical (unpaired) electrons. The van der Waals surface area contributed by atoms with E-state index < -0.39 is 4.92 Å². The molecular weight excluding hydrogens is 276 g/mol. The van der Waals surface area contributed by atoms with Crippen LogP contribution < -0.4 is 10.6 Å². The van der Waals surface area contributed by atoms with Gasteiger partial charge < -0.3 is 10.6 Å². The summed E-state index contributed by atoms with van der Waals surface area (Å²) in [5.41, 5.74) is 2.28. The van der Waals surface area contributed by atoms with E-state index in [0.29, 0.717) is 24.7 Å². The molecule has 6 nitrogen and oxygen atoms in total. The summed E-state index contributed by atoms with van der Waals surface area (Å²) in [6.45, 7) is 5.21. The van der Waals surface area contributed by atoms with Gasteiger partial charge in [-0.25, -0.2) is 4.98 Å². The zero-order valence-electron chi connectivity index (χ0n) is 11.3. The van der Waals surface area contributed by atoms with E-state index >= 15 is 0 Å². The van der Waals surface area contributed by atoms with Crippen LogP contribution >= 0.6 is 11.3 Å². The highest BCUT2D eigenvalue weighted by Gasteiger charge is 2.16. The first-order valence-electron chi connectivity index (χ1n) is 6.26. The summed E-state index contributed by atoms with van der Waals surface area (Å²) in [5.74, 6) is 0.918. The number of nitrogens with one attached hydrogen (secondary N) is 2. The van der Waals surface area contributed by atoms with E-state index in [-0.39, 0.29) is 5.69 Å². The summed E-state index contributed by atoms with van der Waals surface area (Å²) in [6.07, 6.45) is 0. The normalized spacial score (nSPS) is 10.3. The molecule has 0 aliphatic heterocycles. The first-order valence-corrected chi connectivity index (χ1v) is 7.21. The number of anilines is 2. The van der Waals surface area contributed by atoms with E-state index in [1.165, 1.54) is 11.6 Å². The monoisotopic (exact) mass is 292 g/mol. The molecule has 2 N–H and O–H groups in total. The Morgan fingerprint density at radius 2 is 2.15 bits per heavy atom. The molecule has 0 saturated carbocycles. The van der Waals surface area contributed by atoms with Gasteiger partial charge in [-0.3, -0.25) is 10.1 Å². The van der Waals surface area contributed by atoms with Crippen LogP contribution in [0.4, 0.5) is 17.3 Å². The molecule has 0 saturated heterocycles. The summed E-state index contributed by atoms with van der Waals surface area (Å²) < 4.78 is 0. The zero-order chi connectivity index (χ0) is 14.5. The van der Waals surface area contributed by atoms with Gasteiger partial charge in [0.2, 0.25) is 5.82 Å². The van der Waals surface area contributed by atoms with Crippen molar-refractivity contribution in [2.45, 2.75) is 20.4 Å². The van der Waals surface area contributed by atoms with E-state index in [1.807, 2.05) is 24.6 Å². The topological polar surface area (TPSA) is 80.1 Å². The number of pyridine rings is 1. The van der Waals surface area contributed by atoms with Gasteiger partial charge in [0.25, 0.3) is 0 Å². The molecule has 0 aliphatic rings. The zero-order valence-corrected chi connectivity index (χ0v) is 12.2. The van der Waals surface area contributed by atoms with Gasteiger partial charge in [-0.15, -0.1) is 0 Å². The molecule has 0 atom stereocenters. The van der Waals surface area contributed by atoms with Crippen molar-refractivity contribution in [3.05, 3.63) is 44.1 Å². The van der Waals surface area contributed by atoms with Gasteiger partial charge in [-0.2, -0.15) is 11.3 Å². The highest BCUT2D eigenvalue weighted by molar-refractivity contribution is 7.08. The van der Waals surface area contributed by atoms with Gasteiger partial charge in [0.15, 0.2) is 0 Å². The van der Waals surface area contributed by atoms with E-state index in [1.54, 1.807) is 17.4 Å². The van der Waals surface area contributed by atoms with Crippen LogP contribution in [-0.4, -0.2) is 16.5 Å². The molecule has 0 amide bonds. The van der Waals surface area contributed by atoms with Crippen molar-refractivity contribution in [3.8, 4) is 0 Å². The van der Waals surface area contributed by atoms with Crippen molar-refractivity contribution in [3.63, 3.8) is 0 Å². The molecule has 0 aromatic carbocycles. The lowest BCUT2D eigenvalue weighted by molar-refractivity contribution is -0.384. The number of aryl methyl sites for hydroxylation is 1. The van der Waals surface area contributed by atoms with Crippen LogP contribution in [0.1, 0.15) is 18.1 Å². The third-order valence-corrected chi connectivity index (χ3v) is 3.75. The molecule has 0 aliphatic carbocycles. The SMILES string of the molecule is CCNc1ccc([N+](=O)[O-])c(NCc2cscc2C)n1. The molecule has 0 fully saturated rings. The van der Waals surface area contributed by atoms with Crippen LogP contribution in [0.2, 0.25) is 0 Å². The Balaban J connectivity index is 2.21. The Labute approximate surface area is 121 Å². The van der Waals surface area contributed by atoms with Gasteiger partial charge in [0, 0.05) is 19.2 Å². The average Bonchev–Trinajstić information content (AvgIpc) is 2.82. The largest absolute Gasteiger partial charge is 0.370 e. The second kappa shape index (κ2) is 6.33. The van der Waals surface area contributed by atoms with Crippen molar-refractivity contribution in [1.82, 2.24) is 4.98 Å². The highest BCUT2D eigenvalue weighted by Crippen LogP contribution is 2.25. The lowest BCUT2D eigenvalue weighted by Crippen LogP contribution is -2.07. The van der Waals surface area contributed by atoms with Crippen LogP contribution in [0, 0.1) is 17.0 Å². The van der Waals surface area contributed by atoms with Crippen molar-refractivity contribution in [2.75, 3.05) is 17.2 Å². The van der Waals surface area contributed by atoms with E-state index in [0.717, 1.165) is 5.56 Å². The Bertz CT molecular complexity index is 612. The summed E-state index contributed by atoms with van der Waals surface area (Å²) in [7, 11) is 0. The fourth-order valence-electron chi connectivity index (χ4n) is 1.76. The average molecular weight is 292 g/mol. The van der Waals surface area contributed by atoms with Gasteiger partial charge in [0.05, 0.1) is 4.92 Å². The van der Waals surface area contributed by atoms with Crippen molar-refractivity contribution in [2.24, 2.45) is 0 Å². The first-order chi connectivity index (χ1) is 9.61. The van der Waals surface area contributed by atoms with Crippen molar-refractivity contribution >= 4 is 28.7 Å². The molecule has 2 aromatic heterocycles. The molecule has 0 spiro atoms. The Morgan fingerprint density at radius 3 is 2.75 bits per heavy atom. The number of rotatable bonds is 6. The molecule has 0 unspecified atom stereocenters. The lowest BCUT2D eigenvalue weighted by atomic mass is 10.2. The van der Waals surface area contributed by atoms with Gasteiger partial charge in [-0.1, -0.05) is 0 Å². The maximum absolute atomic E-state index is 11.0. The number of nitro groups is 1. The number of hydrogen-bond acceptors (Lipinski definition) is 6. The molecule has 0 bridgehead atoms. The smallest absolute Gasteiger partial charge is 0.311 e. The van der Waals surface area contributed by atoms with Gasteiger partial charge >= 0.3 is 5.69 Å². The number of thiophene rings is 1. The summed E-state index contributed by atoms with van der Waals surface area (Å²) >= 11 is 1.62.